The molecule has 5 heteroatoms. The zero-order valence-corrected chi connectivity index (χ0v) is 16.7. The van der Waals surface area contributed by atoms with Crippen molar-refractivity contribution in [1.29, 1.82) is 0 Å². The van der Waals surface area contributed by atoms with Crippen LogP contribution in [0.5, 0.6) is 0 Å². The predicted molar refractivity (Wildman–Crippen MR) is 112 cm³/mol. The van der Waals surface area contributed by atoms with Gasteiger partial charge in [-0.1, -0.05) is 42.5 Å². The van der Waals surface area contributed by atoms with Crippen molar-refractivity contribution in [2.45, 2.75) is 39.3 Å². The Labute approximate surface area is 167 Å². The Kier molecular flexibility index (Phi) is 7.43. The minimum absolute atomic E-state index is 0.116. The van der Waals surface area contributed by atoms with Crippen LogP contribution in [0.3, 0.4) is 0 Å². The molecular formula is C23H30FN3O. The van der Waals surface area contributed by atoms with Gasteiger partial charge in [-0.2, -0.15) is 0 Å². The summed E-state index contributed by atoms with van der Waals surface area (Å²) in [4.78, 5) is 4.67. The standard InChI is InChI=1S/C23H30FN3O/c1-3-25-23(26-15-18-11-12-21(24)17(2)14-18)27-16-20-10-7-13-28-22(20)19-8-5-4-6-9-19/h4-6,8-9,11-12,14,20,22H,3,7,10,13,15-16H2,1-2H3,(H2,25,26,27). The zero-order chi connectivity index (χ0) is 19.8. The first-order valence-electron chi connectivity index (χ1n) is 10.1. The molecule has 150 valence electrons. The van der Waals surface area contributed by atoms with Crippen LogP contribution in [0.25, 0.3) is 0 Å². The summed E-state index contributed by atoms with van der Waals surface area (Å²) in [5.41, 5.74) is 2.88. The molecule has 2 unspecified atom stereocenters. The van der Waals surface area contributed by atoms with E-state index in [1.54, 1.807) is 13.0 Å². The number of benzene rings is 2. The number of hydrogen-bond acceptors (Lipinski definition) is 2. The van der Waals surface area contributed by atoms with Crippen LogP contribution in [-0.4, -0.2) is 25.7 Å². The van der Waals surface area contributed by atoms with Gasteiger partial charge in [0, 0.05) is 25.6 Å². The lowest BCUT2D eigenvalue weighted by molar-refractivity contribution is -0.0265. The molecule has 0 aromatic heterocycles. The van der Waals surface area contributed by atoms with Crippen molar-refractivity contribution >= 4 is 5.96 Å². The maximum Gasteiger partial charge on any atom is 0.191 e. The van der Waals surface area contributed by atoms with E-state index >= 15 is 0 Å². The van der Waals surface area contributed by atoms with Crippen LogP contribution in [0.2, 0.25) is 0 Å². The third kappa shape index (κ3) is 5.55. The summed E-state index contributed by atoms with van der Waals surface area (Å²) in [5.74, 6) is 0.997. The first-order valence-corrected chi connectivity index (χ1v) is 10.1. The smallest absolute Gasteiger partial charge is 0.191 e. The number of halogens is 1. The molecule has 1 fully saturated rings. The minimum atomic E-state index is -0.179. The molecule has 1 heterocycles. The lowest BCUT2D eigenvalue weighted by Gasteiger charge is -2.32. The van der Waals surface area contributed by atoms with Crippen LogP contribution in [0.1, 0.15) is 42.6 Å². The number of nitrogens with zero attached hydrogens (tertiary/aromatic N) is 1. The van der Waals surface area contributed by atoms with E-state index in [-0.39, 0.29) is 11.9 Å². The summed E-state index contributed by atoms with van der Waals surface area (Å²) in [6.07, 6.45) is 2.33. The van der Waals surface area contributed by atoms with Crippen molar-refractivity contribution in [3.63, 3.8) is 0 Å². The first kappa shape index (κ1) is 20.3. The highest BCUT2D eigenvalue weighted by molar-refractivity contribution is 5.79. The maximum absolute atomic E-state index is 13.4. The lowest BCUT2D eigenvalue weighted by atomic mass is 9.89. The number of hydrogen-bond donors (Lipinski definition) is 2. The van der Waals surface area contributed by atoms with Crippen molar-refractivity contribution < 1.29 is 9.13 Å². The highest BCUT2D eigenvalue weighted by Gasteiger charge is 2.27. The monoisotopic (exact) mass is 383 g/mol. The van der Waals surface area contributed by atoms with Crippen molar-refractivity contribution in [3.05, 3.63) is 71.0 Å². The van der Waals surface area contributed by atoms with E-state index in [0.717, 1.165) is 44.1 Å². The molecule has 2 N–H and O–H groups in total. The number of aryl methyl sites for hydroxylation is 1. The van der Waals surface area contributed by atoms with Crippen LogP contribution >= 0.6 is 0 Å². The average molecular weight is 384 g/mol. The van der Waals surface area contributed by atoms with E-state index in [0.29, 0.717) is 18.0 Å². The van der Waals surface area contributed by atoms with E-state index in [9.17, 15) is 4.39 Å². The summed E-state index contributed by atoms with van der Waals surface area (Å²) >= 11 is 0. The molecule has 0 amide bonds. The number of ether oxygens (including phenoxy) is 1. The highest BCUT2D eigenvalue weighted by atomic mass is 19.1. The second-order valence-electron chi connectivity index (χ2n) is 7.26. The van der Waals surface area contributed by atoms with Crippen molar-refractivity contribution in [3.8, 4) is 0 Å². The van der Waals surface area contributed by atoms with E-state index in [1.165, 1.54) is 11.6 Å². The Bertz CT molecular complexity index is 779. The molecule has 2 atom stereocenters. The molecule has 1 saturated heterocycles. The van der Waals surface area contributed by atoms with Gasteiger partial charge >= 0.3 is 0 Å². The maximum atomic E-state index is 13.4. The summed E-state index contributed by atoms with van der Waals surface area (Å²) < 4.78 is 19.5. The molecule has 3 rings (SSSR count). The van der Waals surface area contributed by atoms with Gasteiger partial charge < -0.3 is 15.4 Å². The van der Waals surface area contributed by atoms with Gasteiger partial charge in [-0.25, -0.2) is 9.38 Å². The number of nitrogens with one attached hydrogen (secondary N) is 2. The largest absolute Gasteiger partial charge is 0.373 e. The highest BCUT2D eigenvalue weighted by Crippen LogP contribution is 2.33. The van der Waals surface area contributed by atoms with Crippen LogP contribution in [0, 0.1) is 18.7 Å². The fraction of sp³-hybridized carbons (Fsp3) is 0.435. The normalized spacial score (nSPS) is 20.0. The molecule has 1 aliphatic rings. The molecule has 0 bridgehead atoms. The van der Waals surface area contributed by atoms with Gasteiger partial charge in [0.15, 0.2) is 5.96 Å². The van der Waals surface area contributed by atoms with Gasteiger partial charge in [-0.3, -0.25) is 0 Å². The minimum Gasteiger partial charge on any atom is -0.373 e. The van der Waals surface area contributed by atoms with Crippen molar-refractivity contribution in [2.75, 3.05) is 19.7 Å². The fourth-order valence-electron chi connectivity index (χ4n) is 3.61. The number of guanidine groups is 1. The Hall–Kier alpha value is -2.40. The zero-order valence-electron chi connectivity index (χ0n) is 16.7. The van der Waals surface area contributed by atoms with Crippen molar-refractivity contribution in [2.24, 2.45) is 10.9 Å². The molecule has 2 aromatic carbocycles. The molecule has 0 saturated carbocycles. The van der Waals surface area contributed by atoms with Crippen LogP contribution in [-0.2, 0) is 11.3 Å². The van der Waals surface area contributed by atoms with Gasteiger partial charge in [-0.15, -0.1) is 0 Å². The van der Waals surface area contributed by atoms with Gasteiger partial charge in [0.2, 0.25) is 0 Å². The summed E-state index contributed by atoms with van der Waals surface area (Å²) in [5, 5.41) is 6.77. The van der Waals surface area contributed by atoms with Gasteiger partial charge in [0.05, 0.1) is 12.6 Å². The lowest BCUT2D eigenvalue weighted by Crippen LogP contribution is -2.42. The molecule has 1 aliphatic heterocycles. The Morgan fingerprint density at radius 2 is 2.00 bits per heavy atom. The van der Waals surface area contributed by atoms with Crippen molar-refractivity contribution in [1.82, 2.24) is 10.6 Å². The summed E-state index contributed by atoms with van der Waals surface area (Å²) in [7, 11) is 0. The summed E-state index contributed by atoms with van der Waals surface area (Å²) in [6, 6.07) is 15.6. The van der Waals surface area contributed by atoms with E-state index in [1.807, 2.05) is 12.1 Å². The molecule has 4 nitrogen and oxygen atoms in total. The molecule has 0 aliphatic carbocycles. The molecular weight excluding hydrogens is 353 g/mol. The van der Waals surface area contributed by atoms with Crippen LogP contribution < -0.4 is 10.6 Å². The average Bonchev–Trinajstić information content (AvgIpc) is 2.73. The van der Waals surface area contributed by atoms with E-state index in [2.05, 4.69) is 46.8 Å². The number of aliphatic imine (C=N–C) groups is 1. The van der Waals surface area contributed by atoms with Gasteiger partial charge in [0.25, 0.3) is 0 Å². The summed E-state index contributed by atoms with van der Waals surface area (Å²) in [6.45, 7) is 6.74. The SMILES string of the molecule is CCNC(=NCc1ccc(F)c(C)c1)NCC1CCCOC1c1ccccc1. The second-order valence-corrected chi connectivity index (χ2v) is 7.26. The van der Waals surface area contributed by atoms with Crippen LogP contribution in [0.15, 0.2) is 53.5 Å². The van der Waals surface area contributed by atoms with E-state index in [4.69, 9.17) is 4.74 Å². The Balaban J connectivity index is 1.63. The van der Waals surface area contributed by atoms with Gasteiger partial charge in [0.1, 0.15) is 5.82 Å². The quantitative estimate of drug-likeness (QED) is 0.576. The van der Waals surface area contributed by atoms with Gasteiger partial charge in [-0.05, 0) is 49.4 Å². The third-order valence-electron chi connectivity index (χ3n) is 5.09. The fourth-order valence-corrected chi connectivity index (χ4v) is 3.61. The Morgan fingerprint density at radius 1 is 1.18 bits per heavy atom. The molecule has 0 radical (unpaired) electrons. The Morgan fingerprint density at radius 3 is 2.75 bits per heavy atom. The van der Waals surface area contributed by atoms with Crippen LogP contribution in [0.4, 0.5) is 4.39 Å². The second kappa shape index (κ2) is 10.2. The third-order valence-corrected chi connectivity index (χ3v) is 5.09. The molecule has 0 spiro atoms. The number of rotatable bonds is 6. The first-order chi connectivity index (χ1) is 13.7. The predicted octanol–water partition coefficient (Wildman–Crippen LogP) is 4.36. The molecule has 28 heavy (non-hydrogen) atoms. The topological polar surface area (TPSA) is 45.7 Å². The van der Waals surface area contributed by atoms with E-state index < -0.39 is 0 Å². The molecule has 2 aromatic rings.